The van der Waals surface area contributed by atoms with Crippen LogP contribution in [0.1, 0.15) is 24.1 Å². The second-order valence-corrected chi connectivity index (χ2v) is 7.53. The Morgan fingerprint density at radius 1 is 1.12 bits per heavy atom. The molecular formula is C24H17ClF2N2O4. The number of carbonyl (C=O) groups excluding carboxylic acids is 2. The Morgan fingerprint density at radius 2 is 1.85 bits per heavy atom. The quantitative estimate of drug-likeness (QED) is 0.321. The summed E-state index contributed by atoms with van der Waals surface area (Å²) in [6, 6.07) is 8.76. The average molecular weight is 471 g/mol. The van der Waals surface area contributed by atoms with Gasteiger partial charge >= 0.3 is 0 Å². The highest BCUT2D eigenvalue weighted by Gasteiger charge is 2.47. The van der Waals surface area contributed by atoms with Gasteiger partial charge in [-0.2, -0.15) is 0 Å². The fourth-order valence-corrected chi connectivity index (χ4v) is 3.86. The molecule has 4 rings (SSSR count). The molecule has 1 fully saturated rings. The third kappa shape index (κ3) is 4.05. The van der Waals surface area contributed by atoms with E-state index in [9.17, 15) is 23.5 Å². The second-order valence-electron chi connectivity index (χ2n) is 7.12. The summed E-state index contributed by atoms with van der Waals surface area (Å²) in [5, 5.41) is 11.4. The molecule has 168 valence electrons. The van der Waals surface area contributed by atoms with Crippen molar-refractivity contribution in [3.05, 3.63) is 94.3 Å². The molecule has 1 unspecified atom stereocenters. The summed E-state index contributed by atoms with van der Waals surface area (Å²) in [4.78, 5) is 30.8. The molecule has 0 spiro atoms. The summed E-state index contributed by atoms with van der Waals surface area (Å²) in [6.45, 7) is 2.07. The summed E-state index contributed by atoms with van der Waals surface area (Å²) in [6.07, 6.45) is 2.85. The minimum absolute atomic E-state index is 0.166. The zero-order valence-corrected chi connectivity index (χ0v) is 18.0. The molecule has 1 N–H and O–H groups in total. The smallest absolute Gasteiger partial charge is 0.300 e. The Kier molecular flexibility index (Phi) is 6.11. The van der Waals surface area contributed by atoms with Crippen LogP contribution in [0.2, 0.25) is 5.02 Å². The summed E-state index contributed by atoms with van der Waals surface area (Å²) >= 11 is 6.12. The van der Waals surface area contributed by atoms with Crippen LogP contribution in [0.5, 0.6) is 5.75 Å². The van der Waals surface area contributed by atoms with Crippen molar-refractivity contribution in [2.75, 3.05) is 11.5 Å². The van der Waals surface area contributed by atoms with Gasteiger partial charge in [-0.25, -0.2) is 8.78 Å². The third-order valence-electron chi connectivity index (χ3n) is 5.14. The minimum Gasteiger partial charge on any atom is -0.507 e. The number of aliphatic hydroxyl groups is 1. The molecule has 1 aromatic heterocycles. The van der Waals surface area contributed by atoms with E-state index in [0.29, 0.717) is 17.2 Å². The highest BCUT2D eigenvalue weighted by molar-refractivity contribution is 6.51. The van der Waals surface area contributed by atoms with E-state index in [1.807, 2.05) is 0 Å². The van der Waals surface area contributed by atoms with Crippen LogP contribution >= 0.6 is 11.6 Å². The fraction of sp³-hybridized carbons (Fsp3) is 0.125. The lowest BCUT2D eigenvalue weighted by Gasteiger charge is -2.25. The number of pyridine rings is 1. The van der Waals surface area contributed by atoms with Gasteiger partial charge in [-0.1, -0.05) is 11.6 Å². The summed E-state index contributed by atoms with van der Waals surface area (Å²) < 4.78 is 34.0. The summed E-state index contributed by atoms with van der Waals surface area (Å²) in [7, 11) is 0. The molecule has 0 saturated carbocycles. The Bertz CT molecular complexity index is 1280. The Hall–Kier alpha value is -3.78. The minimum atomic E-state index is -1.23. The van der Waals surface area contributed by atoms with E-state index < -0.39 is 40.8 Å². The van der Waals surface area contributed by atoms with Gasteiger partial charge < -0.3 is 9.84 Å². The number of carbonyl (C=O) groups is 2. The van der Waals surface area contributed by atoms with Crippen molar-refractivity contribution in [1.82, 2.24) is 4.98 Å². The third-order valence-corrected chi connectivity index (χ3v) is 5.45. The number of rotatable bonds is 5. The maximum atomic E-state index is 14.7. The van der Waals surface area contributed by atoms with Crippen LogP contribution in [0.3, 0.4) is 0 Å². The number of hydrogen-bond donors (Lipinski definition) is 1. The van der Waals surface area contributed by atoms with Crippen molar-refractivity contribution in [1.29, 1.82) is 0 Å². The number of halogens is 3. The molecule has 2 aromatic carbocycles. The predicted molar refractivity (Wildman–Crippen MR) is 118 cm³/mol. The normalized spacial score (nSPS) is 17.5. The first kappa shape index (κ1) is 22.4. The van der Waals surface area contributed by atoms with Gasteiger partial charge in [0.25, 0.3) is 11.7 Å². The van der Waals surface area contributed by atoms with Gasteiger partial charge in [0, 0.05) is 24.0 Å². The van der Waals surface area contributed by atoms with Crippen LogP contribution in [0.25, 0.3) is 5.76 Å². The molecule has 2 heterocycles. The maximum absolute atomic E-state index is 14.7. The monoisotopic (exact) mass is 470 g/mol. The van der Waals surface area contributed by atoms with Gasteiger partial charge in [-0.3, -0.25) is 19.5 Å². The van der Waals surface area contributed by atoms with E-state index >= 15 is 0 Å². The molecule has 9 heteroatoms. The van der Waals surface area contributed by atoms with Gasteiger partial charge in [0.1, 0.15) is 23.1 Å². The van der Waals surface area contributed by atoms with E-state index in [2.05, 4.69) is 4.98 Å². The molecule has 0 aliphatic carbocycles. The van der Waals surface area contributed by atoms with Gasteiger partial charge in [0.05, 0.1) is 28.9 Å². The molecule has 1 aliphatic rings. The van der Waals surface area contributed by atoms with Crippen LogP contribution in [0.15, 0.2) is 66.5 Å². The summed E-state index contributed by atoms with van der Waals surface area (Å²) in [5.41, 5.74) is -0.184. The number of hydrogen-bond acceptors (Lipinski definition) is 5. The van der Waals surface area contributed by atoms with Gasteiger partial charge in [0.15, 0.2) is 0 Å². The average Bonchev–Trinajstić information content (AvgIpc) is 3.07. The Balaban J connectivity index is 1.95. The largest absolute Gasteiger partial charge is 0.507 e. The van der Waals surface area contributed by atoms with Crippen LogP contribution in [0.4, 0.5) is 14.5 Å². The van der Waals surface area contributed by atoms with Crippen LogP contribution in [-0.4, -0.2) is 28.4 Å². The number of ether oxygens (including phenoxy) is 1. The highest BCUT2D eigenvalue weighted by atomic mass is 35.5. The van der Waals surface area contributed by atoms with Crippen LogP contribution in [-0.2, 0) is 9.59 Å². The zero-order chi connectivity index (χ0) is 23.7. The predicted octanol–water partition coefficient (Wildman–Crippen LogP) is 5.04. The molecule has 6 nitrogen and oxygen atoms in total. The van der Waals surface area contributed by atoms with E-state index in [1.165, 1.54) is 42.7 Å². The van der Waals surface area contributed by atoms with Crippen molar-refractivity contribution < 1.29 is 28.2 Å². The Morgan fingerprint density at radius 3 is 2.55 bits per heavy atom. The van der Waals surface area contributed by atoms with Gasteiger partial charge in [0.2, 0.25) is 0 Å². The first-order chi connectivity index (χ1) is 15.8. The lowest BCUT2D eigenvalue weighted by molar-refractivity contribution is -0.132. The van der Waals surface area contributed by atoms with E-state index in [1.54, 1.807) is 6.92 Å². The van der Waals surface area contributed by atoms with E-state index in [4.69, 9.17) is 16.3 Å². The number of anilines is 1. The van der Waals surface area contributed by atoms with Crippen molar-refractivity contribution in [3.8, 4) is 5.75 Å². The highest BCUT2D eigenvalue weighted by Crippen LogP contribution is 2.43. The SMILES string of the molecule is CCOc1cc(/C(O)=C2\C(=O)C(=O)N(c3cc(F)ccc3F)C2c2ccncc2)ccc1Cl. The molecular weight excluding hydrogens is 454 g/mol. The molecule has 1 saturated heterocycles. The topological polar surface area (TPSA) is 79.7 Å². The number of amides is 1. The van der Waals surface area contributed by atoms with Crippen molar-refractivity contribution in [2.24, 2.45) is 0 Å². The molecule has 1 atom stereocenters. The standard InChI is InChI=1S/C24H17ClF2N2O4/c1-2-33-19-11-14(3-5-16(19)25)22(30)20-21(13-7-9-28-10-8-13)29(24(32)23(20)31)18-12-15(26)4-6-17(18)27/h3-12,21,30H,2H2,1H3/b22-20+. The number of ketones is 1. The molecule has 1 amide bonds. The number of Topliss-reactive ketones (excluding diaryl/α,β-unsaturated/α-hetero) is 1. The van der Waals surface area contributed by atoms with Gasteiger partial charge in [-0.05, 0) is 55.0 Å². The number of aliphatic hydroxyl groups excluding tert-OH is 1. The molecule has 1 aliphatic heterocycles. The number of benzene rings is 2. The lowest BCUT2D eigenvalue weighted by Crippen LogP contribution is -2.30. The molecule has 3 aromatic rings. The van der Waals surface area contributed by atoms with Crippen LogP contribution in [0, 0.1) is 11.6 Å². The second kappa shape index (κ2) is 8.99. The first-order valence-corrected chi connectivity index (χ1v) is 10.3. The van der Waals surface area contributed by atoms with Crippen molar-refractivity contribution in [2.45, 2.75) is 13.0 Å². The Labute approximate surface area is 192 Å². The summed E-state index contributed by atoms with van der Waals surface area (Å²) in [5.74, 6) is -4.09. The van der Waals surface area contributed by atoms with Crippen molar-refractivity contribution >= 4 is 34.7 Å². The number of nitrogens with zero attached hydrogens (tertiary/aromatic N) is 2. The molecule has 0 radical (unpaired) electrons. The van der Waals surface area contributed by atoms with E-state index in [-0.39, 0.29) is 16.9 Å². The molecule has 0 bridgehead atoms. The zero-order valence-electron chi connectivity index (χ0n) is 17.3. The first-order valence-electron chi connectivity index (χ1n) is 9.92. The fourth-order valence-electron chi connectivity index (χ4n) is 3.68. The lowest BCUT2D eigenvalue weighted by atomic mass is 9.95. The maximum Gasteiger partial charge on any atom is 0.300 e. The van der Waals surface area contributed by atoms with Crippen molar-refractivity contribution in [3.63, 3.8) is 0 Å². The van der Waals surface area contributed by atoms with E-state index in [0.717, 1.165) is 23.1 Å². The number of aromatic nitrogens is 1. The molecule has 33 heavy (non-hydrogen) atoms. The van der Waals surface area contributed by atoms with Crippen LogP contribution < -0.4 is 9.64 Å². The van der Waals surface area contributed by atoms with Gasteiger partial charge in [-0.15, -0.1) is 0 Å².